The maximum absolute atomic E-state index is 12.7. The number of nitrogens with one attached hydrogen (secondary N) is 1. The molecule has 1 saturated carbocycles. The summed E-state index contributed by atoms with van der Waals surface area (Å²) in [5.41, 5.74) is 0.418. The number of anilines is 1. The molecule has 1 aliphatic rings. The van der Waals surface area contributed by atoms with Crippen molar-refractivity contribution in [2.24, 2.45) is 5.92 Å². The van der Waals surface area contributed by atoms with Gasteiger partial charge in [0.2, 0.25) is 5.75 Å². The van der Waals surface area contributed by atoms with E-state index in [1.54, 1.807) is 24.4 Å². The van der Waals surface area contributed by atoms with E-state index < -0.39 is 0 Å². The zero-order valence-electron chi connectivity index (χ0n) is 14.9. The molecule has 0 aliphatic heterocycles. The van der Waals surface area contributed by atoms with E-state index in [1.165, 1.54) is 34.2 Å². The lowest BCUT2D eigenvalue weighted by Gasteiger charge is -2.16. The van der Waals surface area contributed by atoms with Gasteiger partial charge in [-0.05, 0) is 37.8 Å². The number of aromatic nitrogens is 2. The van der Waals surface area contributed by atoms with Crippen LogP contribution in [0.2, 0.25) is 0 Å². The van der Waals surface area contributed by atoms with Gasteiger partial charge >= 0.3 is 0 Å². The average Bonchev–Trinajstić information content (AvgIpc) is 3.39. The van der Waals surface area contributed by atoms with E-state index >= 15 is 0 Å². The fourth-order valence-electron chi connectivity index (χ4n) is 2.92. The van der Waals surface area contributed by atoms with Crippen LogP contribution in [0.4, 0.5) is 5.82 Å². The normalized spacial score (nSPS) is 14.7. The molecular weight excluding hydrogens is 322 g/mol. The van der Waals surface area contributed by atoms with Crippen LogP contribution in [0.15, 0.2) is 24.4 Å². The van der Waals surface area contributed by atoms with E-state index in [4.69, 9.17) is 14.2 Å². The first-order chi connectivity index (χ1) is 12.1. The minimum Gasteiger partial charge on any atom is -0.493 e. The molecule has 1 aliphatic carbocycles. The molecule has 1 N–H and O–H groups in total. The molecule has 134 valence electrons. The van der Waals surface area contributed by atoms with Gasteiger partial charge in [0, 0.05) is 11.6 Å². The molecule has 1 amide bonds. The van der Waals surface area contributed by atoms with Crippen molar-refractivity contribution in [2.75, 3.05) is 26.6 Å². The van der Waals surface area contributed by atoms with Crippen molar-refractivity contribution in [3.05, 3.63) is 30.0 Å². The number of hydrogen-bond acceptors (Lipinski definition) is 5. The maximum Gasteiger partial charge on any atom is 0.257 e. The SMILES string of the molecule is COc1cc(C(=O)Nc2ccnn2C(C)C2CC2)cc(OC)c1OC. The van der Waals surface area contributed by atoms with Gasteiger partial charge in [-0.3, -0.25) is 4.79 Å². The fraction of sp³-hybridized carbons (Fsp3) is 0.444. The quantitative estimate of drug-likeness (QED) is 0.834. The highest BCUT2D eigenvalue weighted by atomic mass is 16.5. The number of carbonyl (C=O) groups is 1. The van der Waals surface area contributed by atoms with E-state index in [1.807, 2.05) is 4.68 Å². The van der Waals surface area contributed by atoms with Crippen LogP contribution in [-0.4, -0.2) is 37.0 Å². The largest absolute Gasteiger partial charge is 0.493 e. The van der Waals surface area contributed by atoms with Crippen molar-refractivity contribution >= 4 is 11.7 Å². The lowest BCUT2D eigenvalue weighted by Crippen LogP contribution is -2.18. The molecule has 1 aromatic heterocycles. The number of nitrogens with zero attached hydrogens (tertiary/aromatic N) is 2. The summed E-state index contributed by atoms with van der Waals surface area (Å²) in [5.74, 6) is 2.38. The number of benzene rings is 1. The first-order valence-electron chi connectivity index (χ1n) is 8.24. The Morgan fingerprint density at radius 3 is 2.36 bits per heavy atom. The third-order valence-electron chi connectivity index (χ3n) is 4.53. The molecule has 7 nitrogen and oxygen atoms in total. The summed E-state index contributed by atoms with van der Waals surface area (Å²) < 4.78 is 17.8. The van der Waals surface area contributed by atoms with Crippen molar-refractivity contribution in [1.82, 2.24) is 9.78 Å². The summed E-state index contributed by atoms with van der Waals surface area (Å²) in [7, 11) is 4.56. The Kier molecular flexibility index (Phi) is 4.83. The van der Waals surface area contributed by atoms with E-state index in [0.717, 1.165) is 0 Å². The molecule has 25 heavy (non-hydrogen) atoms. The van der Waals surface area contributed by atoms with Crippen molar-refractivity contribution in [2.45, 2.75) is 25.8 Å². The minimum atomic E-state index is -0.260. The Morgan fingerprint density at radius 2 is 1.84 bits per heavy atom. The van der Waals surface area contributed by atoms with Crippen molar-refractivity contribution in [3.8, 4) is 17.2 Å². The number of hydrogen-bond donors (Lipinski definition) is 1. The summed E-state index contributed by atoms with van der Waals surface area (Å²) in [6.07, 6.45) is 4.12. The van der Waals surface area contributed by atoms with Crippen LogP contribution in [0, 0.1) is 5.92 Å². The Labute approximate surface area is 146 Å². The van der Waals surface area contributed by atoms with E-state index in [9.17, 15) is 4.79 Å². The smallest absolute Gasteiger partial charge is 0.257 e. The zero-order chi connectivity index (χ0) is 18.0. The number of amides is 1. The predicted molar refractivity (Wildman–Crippen MR) is 93.7 cm³/mol. The highest BCUT2D eigenvalue weighted by Crippen LogP contribution is 2.40. The molecule has 1 heterocycles. The Morgan fingerprint density at radius 1 is 1.20 bits per heavy atom. The van der Waals surface area contributed by atoms with Crippen LogP contribution in [-0.2, 0) is 0 Å². The molecule has 0 saturated heterocycles. The molecule has 2 aromatic rings. The van der Waals surface area contributed by atoms with Crippen LogP contribution < -0.4 is 19.5 Å². The molecule has 7 heteroatoms. The summed E-state index contributed by atoms with van der Waals surface area (Å²) in [5, 5.41) is 7.27. The summed E-state index contributed by atoms with van der Waals surface area (Å²) in [6.45, 7) is 2.12. The molecule has 0 bridgehead atoms. The Hall–Kier alpha value is -2.70. The van der Waals surface area contributed by atoms with E-state index in [-0.39, 0.29) is 11.9 Å². The summed E-state index contributed by atoms with van der Waals surface area (Å²) >= 11 is 0. The molecule has 3 rings (SSSR count). The first-order valence-corrected chi connectivity index (χ1v) is 8.24. The molecule has 1 atom stereocenters. The Bertz CT molecular complexity index is 742. The number of carbonyl (C=O) groups excluding carboxylic acids is 1. The first kappa shape index (κ1) is 17.1. The van der Waals surface area contributed by atoms with Gasteiger partial charge in [0.1, 0.15) is 5.82 Å². The molecule has 0 radical (unpaired) electrons. The average molecular weight is 345 g/mol. The van der Waals surface area contributed by atoms with Crippen molar-refractivity contribution < 1.29 is 19.0 Å². The monoisotopic (exact) mass is 345 g/mol. The van der Waals surface area contributed by atoms with Gasteiger partial charge in [-0.15, -0.1) is 0 Å². The minimum absolute atomic E-state index is 0.260. The van der Waals surface area contributed by atoms with E-state index in [0.29, 0.717) is 34.5 Å². The van der Waals surface area contributed by atoms with Gasteiger partial charge in [0.05, 0.1) is 33.6 Å². The van der Waals surface area contributed by atoms with Crippen LogP contribution in [0.1, 0.15) is 36.2 Å². The molecule has 1 unspecified atom stereocenters. The second-order valence-electron chi connectivity index (χ2n) is 6.11. The van der Waals surface area contributed by atoms with Crippen LogP contribution >= 0.6 is 0 Å². The highest BCUT2D eigenvalue weighted by Gasteiger charge is 2.31. The second-order valence-corrected chi connectivity index (χ2v) is 6.11. The number of rotatable bonds is 7. The van der Waals surface area contributed by atoms with Gasteiger partial charge in [-0.1, -0.05) is 0 Å². The molecule has 1 aromatic carbocycles. The zero-order valence-corrected chi connectivity index (χ0v) is 14.9. The second kappa shape index (κ2) is 7.04. The fourth-order valence-corrected chi connectivity index (χ4v) is 2.92. The maximum atomic E-state index is 12.7. The van der Waals surface area contributed by atoms with Gasteiger partial charge in [0.15, 0.2) is 11.5 Å². The van der Waals surface area contributed by atoms with E-state index in [2.05, 4.69) is 17.3 Å². The van der Waals surface area contributed by atoms with Gasteiger partial charge in [-0.2, -0.15) is 5.10 Å². The lowest BCUT2D eigenvalue weighted by atomic mass is 10.1. The van der Waals surface area contributed by atoms with Gasteiger partial charge in [-0.25, -0.2) is 4.68 Å². The summed E-state index contributed by atoms with van der Waals surface area (Å²) in [6, 6.07) is 5.32. The van der Waals surface area contributed by atoms with Gasteiger partial charge in [0.25, 0.3) is 5.91 Å². The lowest BCUT2D eigenvalue weighted by molar-refractivity contribution is 0.102. The molecule has 0 spiro atoms. The Balaban J connectivity index is 1.85. The number of methoxy groups -OCH3 is 3. The van der Waals surface area contributed by atoms with Crippen LogP contribution in [0.3, 0.4) is 0 Å². The third kappa shape index (κ3) is 3.40. The standard InChI is InChI=1S/C18H23N3O4/c1-11(12-5-6-12)21-16(7-8-19-21)20-18(22)13-9-14(23-2)17(25-4)15(10-13)24-3/h7-12H,5-6H2,1-4H3,(H,20,22). The van der Waals surface area contributed by atoms with Crippen LogP contribution in [0.25, 0.3) is 0 Å². The number of ether oxygens (including phenoxy) is 3. The predicted octanol–water partition coefficient (Wildman–Crippen LogP) is 3.13. The highest BCUT2D eigenvalue weighted by molar-refractivity contribution is 6.04. The topological polar surface area (TPSA) is 74.6 Å². The van der Waals surface area contributed by atoms with Crippen molar-refractivity contribution in [1.29, 1.82) is 0 Å². The molecule has 1 fully saturated rings. The summed E-state index contributed by atoms with van der Waals surface area (Å²) in [4.78, 5) is 12.7. The molecular formula is C18H23N3O4. The van der Waals surface area contributed by atoms with Crippen molar-refractivity contribution in [3.63, 3.8) is 0 Å². The van der Waals surface area contributed by atoms with Gasteiger partial charge < -0.3 is 19.5 Å². The third-order valence-corrected chi connectivity index (χ3v) is 4.53. The van der Waals surface area contributed by atoms with Crippen LogP contribution in [0.5, 0.6) is 17.2 Å².